The van der Waals surface area contributed by atoms with Gasteiger partial charge in [0.25, 0.3) is 10.0 Å². The number of anilines is 1. The van der Waals surface area contributed by atoms with E-state index >= 15 is 0 Å². The Morgan fingerprint density at radius 1 is 1.15 bits per heavy atom. The van der Waals surface area contributed by atoms with Gasteiger partial charge in [0.2, 0.25) is 0 Å². The molecule has 1 unspecified atom stereocenters. The number of rotatable bonds is 4. The number of hydrogen-bond donors (Lipinski definition) is 1. The predicted molar refractivity (Wildman–Crippen MR) is 101 cm³/mol. The first kappa shape index (κ1) is 17.1. The van der Waals surface area contributed by atoms with Gasteiger partial charge in [-0.05, 0) is 44.4 Å². The second-order valence-corrected chi connectivity index (χ2v) is 8.25. The van der Waals surface area contributed by atoms with E-state index in [-0.39, 0.29) is 11.1 Å². The van der Waals surface area contributed by atoms with E-state index in [0.29, 0.717) is 12.3 Å². The molecule has 0 radical (unpaired) electrons. The monoisotopic (exact) mass is 371 g/mol. The number of aromatic nitrogens is 2. The lowest BCUT2D eigenvalue weighted by Crippen LogP contribution is -2.20. The topological polar surface area (TPSA) is 73.2 Å². The summed E-state index contributed by atoms with van der Waals surface area (Å²) in [6, 6.07) is 12.3. The summed E-state index contributed by atoms with van der Waals surface area (Å²) in [7, 11) is -3.68. The lowest BCUT2D eigenvalue weighted by atomic mass is 10.2. The first-order valence-electron chi connectivity index (χ1n) is 8.72. The maximum absolute atomic E-state index is 12.8. The third-order valence-electron chi connectivity index (χ3n) is 4.62. The molecule has 1 aromatic heterocycles. The largest absolute Gasteiger partial charge is 0.356 e. The summed E-state index contributed by atoms with van der Waals surface area (Å²) in [6.45, 7) is 2.62. The average molecular weight is 371 g/mol. The zero-order chi connectivity index (χ0) is 18.1. The zero-order valence-electron chi connectivity index (χ0n) is 14.6. The highest BCUT2D eigenvalue weighted by Gasteiger charge is 2.22. The number of aryl methyl sites for hydroxylation is 1. The van der Waals surface area contributed by atoms with Crippen molar-refractivity contribution in [2.75, 3.05) is 11.3 Å². The molecule has 26 heavy (non-hydrogen) atoms. The summed E-state index contributed by atoms with van der Waals surface area (Å²) >= 11 is 0. The highest BCUT2D eigenvalue weighted by Crippen LogP contribution is 2.31. The third kappa shape index (κ3) is 3.20. The maximum Gasteiger partial charge on any atom is 0.261 e. The van der Waals surface area contributed by atoms with Crippen LogP contribution in [0.4, 0.5) is 5.69 Å². The molecule has 0 saturated carbocycles. The highest BCUT2D eigenvalue weighted by atomic mass is 32.2. The van der Waals surface area contributed by atoms with E-state index in [1.54, 1.807) is 41.2 Å². The van der Waals surface area contributed by atoms with Gasteiger partial charge in [0.1, 0.15) is 0 Å². The molecule has 1 aliphatic heterocycles. The molecule has 136 valence electrons. The normalized spacial score (nSPS) is 18.1. The molecule has 1 fully saturated rings. The number of fused-ring (bicyclic) bond motifs is 1. The molecule has 1 N–H and O–H groups in total. The van der Waals surface area contributed by atoms with Gasteiger partial charge >= 0.3 is 0 Å². The smallest absolute Gasteiger partial charge is 0.261 e. The maximum atomic E-state index is 12.8. The Kier molecular flexibility index (Phi) is 4.42. The number of para-hydroxylation sites is 1. The fourth-order valence-electron chi connectivity index (χ4n) is 3.24. The Hall–Kier alpha value is -2.38. The van der Waals surface area contributed by atoms with Crippen LogP contribution in [0.3, 0.4) is 0 Å². The number of ether oxygens (including phenoxy) is 1. The van der Waals surface area contributed by atoms with Gasteiger partial charge in [-0.3, -0.25) is 4.72 Å². The number of hydrogen-bond acceptors (Lipinski definition) is 4. The Morgan fingerprint density at radius 3 is 2.69 bits per heavy atom. The fraction of sp³-hybridized carbons (Fsp3) is 0.316. The summed E-state index contributed by atoms with van der Waals surface area (Å²) in [5.41, 5.74) is 2.27. The molecule has 0 amide bonds. The molecule has 2 heterocycles. The molecule has 1 atom stereocenters. The van der Waals surface area contributed by atoms with Crippen LogP contribution >= 0.6 is 0 Å². The standard InChI is InChI=1S/C19H21N3O3S/c1-14-8-10-16(11-9-14)26(23,24)21-17-6-4-5-15-13-20-22(19(15)17)18-7-2-3-12-25-18/h4-6,8-11,13,18,21H,2-3,7,12H2,1H3. The molecular formula is C19H21N3O3S. The minimum atomic E-state index is -3.68. The molecule has 3 aromatic rings. The van der Waals surface area contributed by atoms with Gasteiger partial charge in [0.05, 0.1) is 22.3 Å². The van der Waals surface area contributed by atoms with Gasteiger partial charge in [0.15, 0.2) is 6.23 Å². The van der Waals surface area contributed by atoms with Gasteiger partial charge in [-0.2, -0.15) is 5.10 Å². The zero-order valence-corrected chi connectivity index (χ0v) is 15.4. The first-order chi connectivity index (χ1) is 12.5. The number of nitrogens with one attached hydrogen (secondary N) is 1. The van der Waals surface area contributed by atoms with Crippen molar-refractivity contribution in [3.8, 4) is 0 Å². The molecule has 0 bridgehead atoms. The van der Waals surface area contributed by atoms with Gasteiger partial charge in [-0.15, -0.1) is 0 Å². The lowest BCUT2D eigenvalue weighted by Gasteiger charge is -2.24. The van der Waals surface area contributed by atoms with Gasteiger partial charge in [0, 0.05) is 12.0 Å². The van der Waals surface area contributed by atoms with Gasteiger partial charge in [-0.25, -0.2) is 13.1 Å². The summed E-state index contributed by atoms with van der Waals surface area (Å²) in [6.07, 6.45) is 4.57. The van der Waals surface area contributed by atoms with Gasteiger partial charge in [-0.1, -0.05) is 29.8 Å². The van der Waals surface area contributed by atoms with Crippen molar-refractivity contribution < 1.29 is 13.2 Å². The lowest BCUT2D eigenvalue weighted by molar-refractivity contribution is -0.0366. The van der Waals surface area contributed by atoms with E-state index in [1.807, 2.05) is 19.1 Å². The molecule has 7 heteroatoms. The van der Waals surface area contributed by atoms with Crippen LogP contribution < -0.4 is 4.72 Å². The summed E-state index contributed by atoms with van der Waals surface area (Å²) in [4.78, 5) is 0.236. The molecule has 4 rings (SSSR count). The number of sulfonamides is 1. The Balaban J connectivity index is 1.74. The molecule has 1 saturated heterocycles. The van der Waals surface area contributed by atoms with Crippen LogP contribution in [-0.2, 0) is 14.8 Å². The summed E-state index contributed by atoms with van der Waals surface area (Å²) in [5.74, 6) is 0. The van der Waals surface area contributed by atoms with Crippen molar-refractivity contribution in [1.29, 1.82) is 0 Å². The first-order valence-corrected chi connectivity index (χ1v) is 10.2. The minimum absolute atomic E-state index is 0.161. The predicted octanol–water partition coefficient (Wildman–Crippen LogP) is 3.84. The molecule has 6 nitrogen and oxygen atoms in total. The minimum Gasteiger partial charge on any atom is -0.356 e. The highest BCUT2D eigenvalue weighted by molar-refractivity contribution is 7.92. The molecule has 2 aromatic carbocycles. The average Bonchev–Trinajstić information content (AvgIpc) is 3.08. The quantitative estimate of drug-likeness (QED) is 0.756. The third-order valence-corrected chi connectivity index (χ3v) is 6.00. The second kappa shape index (κ2) is 6.74. The van der Waals surface area contributed by atoms with Crippen molar-refractivity contribution in [2.45, 2.75) is 37.3 Å². The molecule has 0 spiro atoms. The van der Waals surface area contributed by atoms with Crippen LogP contribution in [0.2, 0.25) is 0 Å². The fourth-order valence-corrected chi connectivity index (χ4v) is 4.31. The van der Waals surface area contributed by atoms with Crippen LogP contribution in [-0.4, -0.2) is 24.8 Å². The van der Waals surface area contributed by atoms with Crippen LogP contribution in [0.15, 0.2) is 53.6 Å². The summed E-state index contributed by atoms with van der Waals surface area (Å²) in [5, 5.41) is 5.33. The Morgan fingerprint density at radius 2 is 1.96 bits per heavy atom. The second-order valence-electron chi connectivity index (χ2n) is 6.57. The van der Waals surface area contributed by atoms with Crippen molar-refractivity contribution in [2.24, 2.45) is 0 Å². The Bertz CT molecular complexity index is 1020. The molecule has 1 aliphatic rings. The van der Waals surface area contributed by atoms with Gasteiger partial charge < -0.3 is 4.74 Å². The SMILES string of the molecule is Cc1ccc(S(=O)(=O)Nc2cccc3cnn(C4CCCCO4)c23)cc1. The molecular weight excluding hydrogens is 350 g/mol. The number of benzene rings is 2. The van der Waals surface area contributed by atoms with E-state index in [2.05, 4.69) is 9.82 Å². The van der Waals surface area contributed by atoms with Crippen molar-refractivity contribution in [3.63, 3.8) is 0 Å². The van der Waals surface area contributed by atoms with E-state index in [4.69, 9.17) is 4.74 Å². The van der Waals surface area contributed by atoms with Crippen LogP contribution in [0.25, 0.3) is 10.9 Å². The van der Waals surface area contributed by atoms with Crippen LogP contribution in [0.5, 0.6) is 0 Å². The van der Waals surface area contributed by atoms with E-state index in [9.17, 15) is 8.42 Å². The van der Waals surface area contributed by atoms with Crippen molar-refractivity contribution in [3.05, 3.63) is 54.2 Å². The van der Waals surface area contributed by atoms with E-state index < -0.39 is 10.0 Å². The Labute approximate surface area is 152 Å². The van der Waals surface area contributed by atoms with E-state index in [0.717, 1.165) is 35.7 Å². The molecule has 0 aliphatic carbocycles. The van der Waals surface area contributed by atoms with E-state index in [1.165, 1.54) is 0 Å². The summed E-state index contributed by atoms with van der Waals surface area (Å²) < 4.78 is 35.9. The van der Waals surface area contributed by atoms with Crippen LogP contribution in [0.1, 0.15) is 31.1 Å². The number of nitrogens with zero attached hydrogens (tertiary/aromatic N) is 2. The van der Waals surface area contributed by atoms with Crippen molar-refractivity contribution in [1.82, 2.24) is 9.78 Å². The van der Waals surface area contributed by atoms with Crippen molar-refractivity contribution >= 4 is 26.6 Å². The van der Waals surface area contributed by atoms with Crippen LogP contribution in [0, 0.1) is 6.92 Å².